The summed E-state index contributed by atoms with van der Waals surface area (Å²) in [6.07, 6.45) is 2.25. The number of nitrogens with zero attached hydrogens (tertiary/aromatic N) is 3. The lowest BCUT2D eigenvalue weighted by atomic mass is 10.00. The van der Waals surface area contributed by atoms with Gasteiger partial charge in [0, 0.05) is 13.7 Å². The zero-order valence-corrected chi connectivity index (χ0v) is 15.0. The SMILES string of the molecule is COCCOCc1nc(C2CCCCN2C(=O)c2cc(F)ccc2F)no1. The van der Waals surface area contributed by atoms with Gasteiger partial charge in [0.1, 0.15) is 18.2 Å². The number of hydrogen-bond acceptors (Lipinski definition) is 6. The molecule has 27 heavy (non-hydrogen) atoms. The molecule has 1 fully saturated rings. The summed E-state index contributed by atoms with van der Waals surface area (Å²) in [5.74, 6) is -1.38. The molecule has 1 aliphatic rings. The number of amides is 1. The highest BCUT2D eigenvalue weighted by molar-refractivity contribution is 5.94. The Hall–Kier alpha value is -2.39. The fraction of sp³-hybridized carbons (Fsp3) is 0.500. The molecule has 7 nitrogen and oxygen atoms in total. The molecule has 2 heterocycles. The summed E-state index contributed by atoms with van der Waals surface area (Å²) in [4.78, 5) is 18.6. The van der Waals surface area contributed by atoms with E-state index < -0.39 is 23.6 Å². The average molecular weight is 381 g/mol. The van der Waals surface area contributed by atoms with Crippen LogP contribution in [0, 0.1) is 11.6 Å². The van der Waals surface area contributed by atoms with E-state index in [0.717, 1.165) is 31.0 Å². The van der Waals surface area contributed by atoms with Gasteiger partial charge in [-0.2, -0.15) is 4.98 Å². The average Bonchev–Trinajstić information content (AvgIpc) is 3.15. The zero-order chi connectivity index (χ0) is 19.2. The standard InChI is InChI=1S/C18H21F2N3O4/c1-25-8-9-26-11-16-21-17(22-27-16)15-4-2-3-7-23(15)18(24)13-10-12(19)5-6-14(13)20/h5-6,10,15H,2-4,7-9,11H2,1H3. The van der Waals surface area contributed by atoms with Crippen LogP contribution in [0.5, 0.6) is 0 Å². The van der Waals surface area contributed by atoms with Crippen molar-refractivity contribution in [1.29, 1.82) is 0 Å². The maximum absolute atomic E-state index is 14.0. The number of benzene rings is 1. The Bertz CT molecular complexity index is 784. The smallest absolute Gasteiger partial charge is 0.257 e. The molecule has 1 unspecified atom stereocenters. The van der Waals surface area contributed by atoms with E-state index in [9.17, 15) is 13.6 Å². The Morgan fingerprint density at radius 2 is 2.19 bits per heavy atom. The lowest BCUT2D eigenvalue weighted by Crippen LogP contribution is -2.39. The van der Waals surface area contributed by atoms with Crippen LogP contribution in [0.2, 0.25) is 0 Å². The van der Waals surface area contributed by atoms with Gasteiger partial charge in [-0.3, -0.25) is 4.79 Å². The van der Waals surface area contributed by atoms with E-state index in [1.54, 1.807) is 7.11 Å². The Kier molecular flexibility index (Phi) is 6.46. The van der Waals surface area contributed by atoms with Crippen molar-refractivity contribution in [3.63, 3.8) is 0 Å². The molecule has 9 heteroatoms. The van der Waals surface area contributed by atoms with E-state index in [2.05, 4.69) is 10.1 Å². The minimum Gasteiger partial charge on any atom is -0.382 e. The first kappa shape index (κ1) is 19.4. The molecule has 1 atom stereocenters. The minimum absolute atomic E-state index is 0.134. The van der Waals surface area contributed by atoms with Crippen molar-refractivity contribution in [2.24, 2.45) is 0 Å². The van der Waals surface area contributed by atoms with Gasteiger partial charge in [-0.1, -0.05) is 5.16 Å². The van der Waals surface area contributed by atoms with Crippen molar-refractivity contribution in [3.8, 4) is 0 Å². The molecule has 1 saturated heterocycles. The summed E-state index contributed by atoms with van der Waals surface area (Å²) in [7, 11) is 1.57. The van der Waals surface area contributed by atoms with Gasteiger partial charge in [0.05, 0.1) is 24.8 Å². The number of methoxy groups -OCH3 is 1. The largest absolute Gasteiger partial charge is 0.382 e. The first-order valence-corrected chi connectivity index (χ1v) is 8.75. The van der Waals surface area contributed by atoms with Crippen molar-refractivity contribution in [2.45, 2.75) is 31.9 Å². The Labute approximate surface area is 155 Å². The van der Waals surface area contributed by atoms with Crippen LogP contribution in [0.25, 0.3) is 0 Å². The second-order valence-corrected chi connectivity index (χ2v) is 6.23. The number of piperidine rings is 1. The Morgan fingerprint density at radius 1 is 1.33 bits per heavy atom. The van der Waals surface area contributed by atoms with Crippen molar-refractivity contribution in [2.75, 3.05) is 26.9 Å². The van der Waals surface area contributed by atoms with E-state index in [0.29, 0.717) is 32.0 Å². The molecule has 0 aliphatic carbocycles. The molecule has 1 aromatic carbocycles. The summed E-state index contributed by atoms with van der Waals surface area (Å²) in [5.41, 5.74) is -0.298. The highest BCUT2D eigenvalue weighted by Crippen LogP contribution is 2.31. The van der Waals surface area contributed by atoms with Gasteiger partial charge >= 0.3 is 0 Å². The minimum atomic E-state index is -0.758. The first-order valence-electron chi connectivity index (χ1n) is 8.75. The first-order chi connectivity index (χ1) is 13.1. The molecule has 2 aromatic rings. The van der Waals surface area contributed by atoms with Crippen molar-refractivity contribution < 1.29 is 27.6 Å². The molecule has 3 rings (SSSR count). The van der Waals surface area contributed by atoms with E-state index in [-0.39, 0.29) is 18.1 Å². The third-order valence-electron chi connectivity index (χ3n) is 4.36. The summed E-state index contributed by atoms with van der Waals surface area (Å²) in [6.45, 7) is 1.38. The van der Waals surface area contributed by atoms with Crippen LogP contribution in [0.1, 0.15) is 47.4 Å². The quantitative estimate of drug-likeness (QED) is 0.687. The summed E-state index contributed by atoms with van der Waals surface area (Å²) < 4.78 is 42.9. The van der Waals surface area contributed by atoms with Gasteiger partial charge in [-0.15, -0.1) is 0 Å². The van der Waals surface area contributed by atoms with E-state index in [4.69, 9.17) is 14.0 Å². The number of carbonyl (C=O) groups excluding carboxylic acids is 1. The number of rotatable bonds is 7. The van der Waals surface area contributed by atoms with Crippen molar-refractivity contribution in [3.05, 3.63) is 47.1 Å². The lowest BCUT2D eigenvalue weighted by molar-refractivity contribution is 0.0494. The number of aromatic nitrogens is 2. The van der Waals surface area contributed by atoms with Gasteiger partial charge in [-0.25, -0.2) is 8.78 Å². The second kappa shape index (κ2) is 9.01. The number of likely N-dealkylation sites (tertiary alicyclic amines) is 1. The second-order valence-electron chi connectivity index (χ2n) is 6.23. The summed E-state index contributed by atoms with van der Waals surface area (Å²) >= 11 is 0. The van der Waals surface area contributed by atoms with Crippen LogP contribution in [0.3, 0.4) is 0 Å². The Balaban J connectivity index is 1.75. The molecule has 1 aromatic heterocycles. The molecule has 0 radical (unpaired) electrons. The van der Waals surface area contributed by atoms with Crippen LogP contribution < -0.4 is 0 Å². The highest BCUT2D eigenvalue weighted by atomic mass is 19.1. The van der Waals surface area contributed by atoms with E-state index in [1.807, 2.05) is 0 Å². The van der Waals surface area contributed by atoms with Crippen molar-refractivity contribution >= 4 is 5.91 Å². The van der Waals surface area contributed by atoms with Gasteiger partial charge in [0.15, 0.2) is 5.82 Å². The van der Waals surface area contributed by atoms with Crippen LogP contribution in [-0.4, -0.2) is 47.8 Å². The summed E-state index contributed by atoms with van der Waals surface area (Å²) in [5, 5.41) is 3.95. The fourth-order valence-electron chi connectivity index (χ4n) is 3.02. The maximum atomic E-state index is 14.0. The van der Waals surface area contributed by atoms with Crippen LogP contribution in [-0.2, 0) is 16.1 Å². The highest BCUT2D eigenvalue weighted by Gasteiger charge is 2.33. The molecular weight excluding hydrogens is 360 g/mol. The zero-order valence-electron chi connectivity index (χ0n) is 15.0. The monoisotopic (exact) mass is 381 g/mol. The number of carbonyl (C=O) groups is 1. The predicted octanol–water partition coefficient (Wildman–Crippen LogP) is 2.88. The van der Waals surface area contributed by atoms with Gasteiger partial charge in [-0.05, 0) is 37.5 Å². The number of halogens is 2. The normalized spacial score (nSPS) is 17.3. The maximum Gasteiger partial charge on any atom is 0.257 e. The molecule has 1 amide bonds. The molecule has 0 bridgehead atoms. The molecule has 1 aliphatic heterocycles. The predicted molar refractivity (Wildman–Crippen MR) is 89.8 cm³/mol. The topological polar surface area (TPSA) is 77.7 Å². The van der Waals surface area contributed by atoms with Gasteiger partial charge in [0.2, 0.25) is 0 Å². The Morgan fingerprint density at radius 3 is 3.00 bits per heavy atom. The van der Waals surface area contributed by atoms with E-state index in [1.165, 1.54) is 4.90 Å². The van der Waals surface area contributed by atoms with Crippen LogP contribution in [0.15, 0.2) is 22.7 Å². The van der Waals surface area contributed by atoms with Crippen LogP contribution in [0.4, 0.5) is 8.78 Å². The van der Waals surface area contributed by atoms with Gasteiger partial charge < -0.3 is 18.9 Å². The number of ether oxygens (including phenoxy) is 2. The molecule has 0 spiro atoms. The summed E-state index contributed by atoms with van der Waals surface area (Å²) in [6, 6.07) is 2.39. The molecule has 0 N–H and O–H groups in total. The molecule has 146 valence electrons. The van der Waals surface area contributed by atoms with Crippen LogP contribution >= 0.6 is 0 Å². The number of hydrogen-bond donors (Lipinski definition) is 0. The molecular formula is C18H21F2N3O4. The lowest BCUT2D eigenvalue weighted by Gasteiger charge is -2.33. The van der Waals surface area contributed by atoms with Gasteiger partial charge in [0.25, 0.3) is 11.8 Å². The third kappa shape index (κ3) is 4.67. The third-order valence-corrected chi connectivity index (χ3v) is 4.36. The molecule has 0 saturated carbocycles. The van der Waals surface area contributed by atoms with Crippen molar-refractivity contribution in [1.82, 2.24) is 15.0 Å². The van der Waals surface area contributed by atoms with E-state index >= 15 is 0 Å². The fourth-order valence-corrected chi connectivity index (χ4v) is 3.02.